The van der Waals surface area contributed by atoms with E-state index in [9.17, 15) is 0 Å². The van der Waals surface area contributed by atoms with Crippen molar-refractivity contribution in [3.05, 3.63) is 131 Å². The summed E-state index contributed by atoms with van der Waals surface area (Å²) in [5.74, 6) is 4.84. The number of unbranched alkanes of at least 4 members (excludes halogenated alkanes) is 12. The fourth-order valence-electron chi connectivity index (χ4n) is 7.42. The van der Waals surface area contributed by atoms with E-state index in [0.29, 0.717) is 39.6 Å². The summed E-state index contributed by atoms with van der Waals surface area (Å²) in [7, 11) is 0. The fourth-order valence-corrected chi connectivity index (χ4v) is 7.42. The van der Waals surface area contributed by atoms with Crippen molar-refractivity contribution >= 4 is 17.1 Å². The number of nitrogens with one attached hydrogen (secondary N) is 3. The Bertz CT molecular complexity index is 1560. The van der Waals surface area contributed by atoms with Crippen LogP contribution in [0, 0.1) is 0 Å². The largest absolute Gasteiger partial charge is 0.493 e. The zero-order valence-electron chi connectivity index (χ0n) is 43.0. The Balaban J connectivity index is 1.78. The monoisotopic (exact) mass is 963 g/mol. The lowest BCUT2D eigenvalue weighted by Gasteiger charge is -2.24. The molecule has 3 aromatic carbocycles. The average Bonchev–Trinajstić information content (AvgIpc) is 3.36. The maximum absolute atomic E-state index is 6.23. The van der Waals surface area contributed by atoms with Crippen molar-refractivity contribution < 1.29 is 28.4 Å². The molecular weight excluding hydrogens is 873 g/mol. The first-order chi connectivity index (χ1) is 34.5. The number of anilines is 3. The minimum Gasteiger partial charge on any atom is -0.493 e. The molecule has 0 aliphatic heterocycles. The van der Waals surface area contributed by atoms with Crippen molar-refractivity contribution in [2.24, 2.45) is 0 Å². The third kappa shape index (κ3) is 28.7. The van der Waals surface area contributed by atoms with Gasteiger partial charge in [-0.1, -0.05) is 36.5 Å². The summed E-state index contributed by atoms with van der Waals surface area (Å²) in [6.45, 7) is 31.6. The zero-order chi connectivity index (χ0) is 50.0. The molecule has 0 aliphatic carbocycles. The van der Waals surface area contributed by atoms with Crippen molar-refractivity contribution in [3.63, 3.8) is 0 Å². The third-order valence-corrected chi connectivity index (χ3v) is 11.3. The van der Waals surface area contributed by atoms with Crippen LogP contribution in [0.15, 0.2) is 131 Å². The SMILES string of the molecule is C=CCCCCOc1cc(NCCN(CCNc2cc(OCCCCC=C)cc(OCCCCC=C)c2)CCNc2cc(OCCCCC=C)cc(OCCCCC=C)c2)cc(OCCCCC=C)c1. The number of ether oxygens (including phenoxy) is 6. The van der Waals surface area contributed by atoms with E-state index < -0.39 is 0 Å². The van der Waals surface area contributed by atoms with Crippen LogP contribution in [0.3, 0.4) is 0 Å². The molecule has 10 nitrogen and oxygen atoms in total. The highest BCUT2D eigenvalue weighted by atomic mass is 16.5. The van der Waals surface area contributed by atoms with Crippen molar-refractivity contribution in [1.82, 2.24) is 4.90 Å². The third-order valence-electron chi connectivity index (χ3n) is 11.3. The lowest BCUT2D eigenvalue weighted by atomic mass is 10.2. The summed E-state index contributed by atoms with van der Waals surface area (Å²) in [5.41, 5.74) is 2.91. The molecule has 0 aliphatic rings. The predicted molar refractivity (Wildman–Crippen MR) is 298 cm³/mol. The van der Waals surface area contributed by atoms with Gasteiger partial charge in [0.25, 0.3) is 0 Å². The first-order valence-electron chi connectivity index (χ1n) is 26.3. The molecule has 0 radical (unpaired) electrons. The number of benzene rings is 3. The molecule has 3 aromatic rings. The lowest BCUT2D eigenvalue weighted by Crippen LogP contribution is -2.36. The molecule has 10 heteroatoms. The minimum atomic E-state index is 0.645. The van der Waals surface area contributed by atoms with Crippen molar-refractivity contribution in [2.75, 3.05) is 94.9 Å². The zero-order valence-corrected chi connectivity index (χ0v) is 43.0. The molecule has 3 N–H and O–H groups in total. The Hall–Kier alpha value is -5.74. The van der Waals surface area contributed by atoms with E-state index >= 15 is 0 Å². The van der Waals surface area contributed by atoms with Crippen LogP contribution in [0.1, 0.15) is 116 Å². The van der Waals surface area contributed by atoms with Crippen molar-refractivity contribution in [3.8, 4) is 34.5 Å². The van der Waals surface area contributed by atoms with Gasteiger partial charge in [-0.05, 0) is 116 Å². The highest BCUT2D eigenvalue weighted by Crippen LogP contribution is 2.30. The summed E-state index contributed by atoms with van der Waals surface area (Å²) in [6.07, 6.45) is 29.8. The van der Waals surface area contributed by atoms with Crippen LogP contribution in [-0.4, -0.2) is 83.8 Å². The number of rotatable bonds is 48. The van der Waals surface area contributed by atoms with Gasteiger partial charge in [-0.15, -0.1) is 39.5 Å². The van der Waals surface area contributed by atoms with Crippen molar-refractivity contribution in [2.45, 2.75) is 116 Å². The van der Waals surface area contributed by atoms with Gasteiger partial charge in [0.05, 0.1) is 39.6 Å². The molecule has 70 heavy (non-hydrogen) atoms. The molecule has 0 saturated heterocycles. The summed E-state index contributed by atoms with van der Waals surface area (Å²) in [4.78, 5) is 2.47. The molecular formula is C60H90N4O6. The van der Waals surface area contributed by atoms with Crippen LogP contribution in [0.5, 0.6) is 34.5 Å². The number of allylic oxidation sites excluding steroid dienone is 6. The van der Waals surface area contributed by atoms with Crippen LogP contribution in [0.25, 0.3) is 0 Å². The van der Waals surface area contributed by atoms with Gasteiger partial charge < -0.3 is 44.4 Å². The van der Waals surface area contributed by atoms with Crippen LogP contribution in [0.2, 0.25) is 0 Å². The van der Waals surface area contributed by atoms with Crippen LogP contribution < -0.4 is 44.4 Å². The standard InChI is InChI=1S/C60H90N4O6/c1-7-13-19-25-37-65-55-43-52(44-56(49-55)66-38-26-20-14-8-2)61-31-34-64(35-32-62-53-45-57(67-39-27-21-15-9-3)50-58(46-53)68-40-28-22-16-10-4)36-33-63-54-47-59(69-41-29-23-17-11-5)51-60(48-54)70-42-30-24-18-12-6/h7-12,43-51,61-63H,1-6,13-42H2. The first kappa shape index (κ1) is 58.6. The summed E-state index contributed by atoms with van der Waals surface area (Å²) >= 11 is 0. The molecule has 0 unspecified atom stereocenters. The van der Waals surface area contributed by atoms with Gasteiger partial charge in [0, 0.05) is 111 Å². The maximum atomic E-state index is 6.23. The van der Waals surface area contributed by atoms with Gasteiger partial charge in [-0.2, -0.15) is 0 Å². The molecule has 0 fully saturated rings. The molecule has 0 aromatic heterocycles. The molecule has 3 rings (SSSR count). The summed E-state index contributed by atoms with van der Waals surface area (Å²) in [6, 6.07) is 18.5. The second kappa shape index (κ2) is 40.0. The average molecular weight is 963 g/mol. The van der Waals surface area contributed by atoms with E-state index in [1.165, 1.54) is 0 Å². The predicted octanol–water partition coefficient (Wildman–Crippen LogP) is 15.0. The number of hydrogen-bond donors (Lipinski definition) is 3. The Morgan fingerprint density at radius 1 is 0.300 bits per heavy atom. The Morgan fingerprint density at radius 2 is 0.500 bits per heavy atom. The molecule has 0 amide bonds. The smallest absolute Gasteiger partial charge is 0.125 e. The first-order valence-corrected chi connectivity index (χ1v) is 26.3. The summed E-state index contributed by atoms with van der Waals surface area (Å²) < 4.78 is 37.4. The van der Waals surface area contributed by atoms with E-state index in [4.69, 9.17) is 28.4 Å². The van der Waals surface area contributed by atoms with Gasteiger partial charge in [0.1, 0.15) is 34.5 Å². The Kier molecular flexibility index (Phi) is 33.5. The second-order valence-electron chi connectivity index (χ2n) is 17.5. The van der Waals surface area contributed by atoms with Crippen LogP contribution >= 0.6 is 0 Å². The highest BCUT2D eigenvalue weighted by molar-refractivity contribution is 5.55. The Labute approximate surface area is 424 Å². The normalized spacial score (nSPS) is 10.8. The molecule has 386 valence electrons. The molecule has 0 saturated carbocycles. The maximum Gasteiger partial charge on any atom is 0.125 e. The van der Waals surface area contributed by atoms with Crippen LogP contribution in [-0.2, 0) is 0 Å². The van der Waals surface area contributed by atoms with E-state index in [0.717, 1.165) is 206 Å². The van der Waals surface area contributed by atoms with E-state index in [-0.39, 0.29) is 0 Å². The van der Waals surface area contributed by atoms with E-state index in [2.05, 4.69) is 96.7 Å². The Morgan fingerprint density at radius 3 is 0.686 bits per heavy atom. The highest BCUT2D eigenvalue weighted by Gasteiger charge is 2.11. The van der Waals surface area contributed by atoms with Gasteiger partial charge in [-0.3, -0.25) is 4.90 Å². The fraction of sp³-hybridized carbons (Fsp3) is 0.500. The molecule has 0 atom stereocenters. The molecule has 0 heterocycles. The topological polar surface area (TPSA) is 94.7 Å². The van der Waals surface area contributed by atoms with Gasteiger partial charge >= 0.3 is 0 Å². The molecule has 0 spiro atoms. The minimum absolute atomic E-state index is 0.645. The second-order valence-corrected chi connectivity index (χ2v) is 17.5. The van der Waals surface area contributed by atoms with Crippen LogP contribution in [0.4, 0.5) is 17.1 Å². The van der Waals surface area contributed by atoms with Gasteiger partial charge in [-0.25, -0.2) is 0 Å². The molecule has 0 bridgehead atoms. The van der Waals surface area contributed by atoms with Crippen molar-refractivity contribution in [1.29, 1.82) is 0 Å². The quantitative estimate of drug-likeness (QED) is 0.0375. The van der Waals surface area contributed by atoms with E-state index in [1.54, 1.807) is 0 Å². The van der Waals surface area contributed by atoms with Gasteiger partial charge in [0.2, 0.25) is 0 Å². The summed E-state index contributed by atoms with van der Waals surface area (Å²) in [5, 5.41) is 11.1. The lowest BCUT2D eigenvalue weighted by molar-refractivity contribution is 0.292. The van der Waals surface area contributed by atoms with E-state index in [1.807, 2.05) is 54.7 Å². The number of hydrogen-bond acceptors (Lipinski definition) is 10. The number of nitrogens with zero attached hydrogens (tertiary/aromatic N) is 1. The van der Waals surface area contributed by atoms with Gasteiger partial charge in [0.15, 0.2) is 0 Å².